The summed E-state index contributed by atoms with van der Waals surface area (Å²) in [6, 6.07) is 8.62. The molecule has 2 rings (SSSR count). The molecule has 0 aliphatic carbocycles. The van der Waals surface area contributed by atoms with Gasteiger partial charge in [-0.15, -0.1) is 0 Å². The van der Waals surface area contributed by atoms with Gasteiger partial charge in [0.2, 0.25) is 0 Å². The molecule has 112 valence electrons. The van der Waals surface area contributed by atoms with Crippen LogP contribution in [0.15, 0.2) is 42.7 Å². The van der Waals surface area contributed by atoms with Gasteiger partial charge in [-0.3, -0.25) is 9.97 Å². The van der Waals surface area contributed by atoms with Crippen LogP contribution in [0.2, 0.25) is 0 Å². The Kier molecular flexibility index (Phi) is 4.90. The average Bonchev–Trinajstić information content (AvgIpc) is 2.46. The van der Waals surface area contributed by atoms with Crippen LogP contribution in [-0.4, -0.2) is 28.5 Å². The predicted octanol–water partition coefficient (Wildman–Crippen LogP) is 3.17. The van der Waals surface area contributed by atoms with Gasteiger partial charge in [0.1, 0.15) is 5.69 Å². The first kappa shape index (κ1) is 15.4. The number of pyridine rings is 2. The van der Waals surface area contributed by atoms with E-state index in [4.69, 9.17) is 0 Å². The summed E-state index contributed by atoms with van der Waals surface area (Å²) in [6.07, 6.45) is -0.851. The molecule has 0 aliphatic heterocycles. The quantitative estimate of drug-likeness (QED) is 0.848. The first-order valence-electron chi connectivity index (χ1n) is 6.56. The van der Waals surface area contributed by atoms with Gasteiger partial charge < -0.3 is 4.90 Å². The van der Waals surface area contributed by atoms with Gasteiger partial charge in [0, 0.05) is 37.6 Å². The van der Waals surface area contributed by atoms with Gasteiger partial charge in [0.05, 0.1) is 0 Å². The molecule has 0 fully saturated rings. The molecule has 0 saturated carbocycles. The number of aromatic nitrogens is 2. The SMILES string of the molecule is CN(CCc1ccccn1)Cc1cccnc1C(F)(F)F. The number of alkyl halides is 3. The molecule has 0 amide bonds. The summed E-state index contributed by atoms with van der Waals surface area (Å²) in [5.74, 6) is 0. The van der Waals surface area contributed by atoms with Gasteiger partial charge in [0.25, 0.3) is 0 Å². The molecule has 0 spiro atoms. The molecule has 0 atom stereocenters. The lowest BCUT2D eigenvalue weighted by molar-refractivity contribution is -0.142. The van der Waals surface area contributed by atoms with Crippen molar-refractivity contribution in [2.45, 2.75) is 19.1 Å². The number of nitrogens with zero attached hydrogens (tertiary/aromatic N) is 3. The molecule has 2 aromatic heterocycles. The number of halogens is 3. The van der Waals surface area contributed by atoms with E-state index in [1.165, 1.54) is 18.3 Å². The predicted molar refractivity (Wildman–Crippen MR) is 73.5 cm³/mol. The molecule has 0 bridgehead atoms. The lowest BCUT2D eigenvalue weighted by atomic mass is 10.1. The Hall–Kier alpha value is -1.95. The van der Waals surface area contributed by atoms with Crippen LogP contribution < -0.4 is 0 Å². The van der Waals surface area contributed by atoms with Crippen molar-refractivity contribution in [3.05, 3.63) is 59.7 Å². The fraction of sp³-hybridized carbons (Fsp3) is 0.333. The van der Waals surface area contributed by atoms with E-state index in [0.717, 1.165) is 5.69 Å². The van der Waals surface area contributed by atoms with Crippen LogP contribution in [0.1, 0.15) is 17.0 Å². The number of likely N-dealkylation sites (N-methyl/N-ethyl adjacent to an activating group) is 1. The lowest BCUT2D eigenvalue weighted by Gasteiger charge is -2.19. The first-order valence-corrected chi connectivity index (χ1v) is 6.56. The highest BCUT2D eigenvalue weighted by Crippen LogP contribution is 2.30. The molecule has 21 heavy (non-hydrogen) atoms. The summed E-state index contributed by atoms with van der Waals surface area (Å²) < 4.78 is 38.6. The third-order valence-corrected chi connectivity index (χ3v) is 3.08. The van der Waals surface area contributed by atoms with Crippen molar-refractivity contribution >= 4 is 0 Å². The minimum absolute atomic E-state index is 0.188. The summed E-state index contributed by atoms with van der Waals surface area (Å²) in [5.41, 5.74) is 0.301. The van der Waals surface area contributed by atoms with E-state index < -0.39 is 11.9 Å². The zero-order valence-corrected chi connectivity index (χ0v) is 11.6. The zero-order valence-electron chi connectivity index (χ0n) is 11.6. The molecule has 3 nitrogen and oxygen atoms in total. The van der Waals surface area contributed by atoms with Crippen molar-refractivity contribution in [1.29, 1.82) is 0 Å². The number of rotatable bonds is 5. The van der Waals surface area contributed by atoms with E-state index >= 15 is 0 Å². The van der Waals surface area contributed by atoms with Crippen LogP contribution in [0.25, 0.3) is 0 Å². The second-order valence-electron chi connectivity index (χ2n) is 4.82. The molecular formula is C15H16F3N3. The minimum Gasteiger partial charge on any atom is -0.302 e. The third kappa shape index (κ3) is 4.53. The van der Waals surface area contributed by atoms with Crippen molar-refractivity contribution in [1.82, 2.24) is 14.9 Å². The van der Waals surface area contributed by atoms with Crippen LogP contribution in [0, 0.1) is 0 Å². The molecule has 0 N–H and O–H groups in total. The highest BCUT2D eigenvalue weighted by Gasteiger charge is 2.35. The lowest BCUT2D eigenvalue weighted by Crippen LogP contribution is -2.23. The van der Waals surface area contributed by atoms with E-state index in [-0.39, 0.29) is 12.1 Å². The second kappa shape index (κ2) is 6.67. The van der Waals surface area contributed by atoms with Gasteiger partial charge in [-0.1, -0.05) is 12.1 Å². The standard InChI is InChI=1S/C15H16F3N3/c1-21(10-7-13-6-2-3-8-19-13)11-12-5-4-9-20-14(12)15(16,17)18/h2-6,8-9H,7,10-11H2,1H3. The van der Waals surface area contributed by atoms with Gasteiger partial charge in [0.15, 0.2) is 0 Å². The Morgan fingerprint density at radius 2 is 1.81 bits per heavy atom. The summed E-state index contributed by atoms with van der Waals surface area (Å²) in [6.45, 7) is 0.832. The van der Waals surface area contributed by atoms with E-state index in [1.54, 1.807) is 13.2 Å². The third-order valence-electron chi connectivity index (χ3n) is 3.08. The monoisotopic (exact) mass is 295 g/mol. The Morgan fingerprint density at radius 3 is 2.48 bits per heavy atom. The van der Waals surface area contributed by atoms with Crippen LogP contribution in [0.4, 0.5) is 13.2 Å². The molecule has 0 aliphatic rings. The van der Waals surface area contributed by atoms with Crippen molar-refractivity contribution < 1.29 is 13.2 Å². The van der Waals surface area contributed by atoms with Crippen LogP contribution >= 0.6 is 0 Å². The maximum Gasteiger partial charge on any atom is 0.433 e. The summed E-state index contributed by atoms with van der Waals surface area (Å²) in [5, 5.41) is 0. The topological polar surface area (TPSA) is 29.0 Å². The zero-order chi connectivity index (χ0) is 15.3. The maximum absolute atomic E-state index is 12.9. The highest BCUT2D eigenvalue weighted by molar-refractivity contribution is 5.22. The number of hydrogen-bond donors (Lipinski definition) is 0. The molecule has 2 aromatic rings. The molecule has 2 heterocycles. The summed E-state index contributed by atoms with van der Waals surface area (Å²) in [7, 11) is 1.79. The summed E-state index contributed by atoms with van der Waals surface area (Å²) >= 11 is 0. The minimum atomic E-state index is -4.42. The molecule has 0 radical (unpaired) electrons. The Bertz CT molecular complexity index is 570. The van der Waals surface area contributed by atoms with E-state index in [9.17, 15) is 13.2 Å². The largest absolute Gasteiger partial charge is 0.433 e. The van der Waals surface area contributed by atoms with Crippen molar-refractivity contribution in [3.63, 3.8) is 0 Å². The van der Waals surface area contributed by atoms with Gasteiger partial charge in [-0.2, -0.15) is 13.2 Å². The van der Waals surface area contributed by atoms with Crippen LogP contribution in [-0.2, 0) is 19.1 Å². The summed E-state index contributed by atoms with van der Waals surface area (Å²) in [4.78, 5) is 9.49. The highest BCUT2D eigenvalue weighted by atomic mass is 19.4. The smallest absolute Gasteiger partial charge is 0.302 e. The van der Waals surface area contributed by atoms with Gasteiger partial charge in [-0.25, -0.2) is 0 Å². The van der Waals surface area contributed by atoms with Crippen molar-refractivity contribution in [2.75, 3.05) is 13.6 Å². The van der Waals surface area contributed by atoms with Crippen molar-refractivity contribution in [3.8, 4) is 0 Å². The Morgan fingerprint density at radius 1 is 1.05 bits per heavy atom. The molecule has 0 aromatic carbocycles. The van der Waals surface area contributed by atoms with Crippen LogP contribution in [0.3, 0.4) is 0 Å². The molecule has 0 saturated heterocycles. The average molecular weight is 295 g/mol. The maximum atomic E-state index is 12.9. The van der Waals surface area contributed by atoms with Crippen LogP contribution in [0.5, 0.6) is 0 Å². The Balaban J connectivity index is 1.98. The molecular weight excluding hydrogens is 279 g/mol. The van der Waals surface area contributed by atoms with Crippen molar-refractivity contribution in [2.24, 2.45) is 0 Å². The van der Waals surface area contributed by atoms with Gasteiger partial charge in [-0.05, 0) is 30.8 Å². The van der Waals surface area contributed by atoms with Gasteiger partial charge >= 0.3 is 6.18 Å². The van der Waals surface area contributed by atoms with E-state index in [1.807, 2.05) is 23.1 Å². The van der Waals surface area contributed by atoms with E-state index in [0.29, 0.717) is 13.0 Å². The number of hydrogen-bond acceptors (Lipinski definition) is 3. The Labute approximate surface area is 121 Å². The molecule has 6 heteroatoms. The van der Waals surface area contributed by atoms with E-state index in [2.05, 4.69) is 9.97 Å². The fourth-order valence-electron chi connectivity index (χ4n) is 2.04. The fourth-order valence-corrected chi connectivity index (χ4v) is 2.04. The normalized spacial score (nSPS) is 11.9. The molecule has 0 unspecified atom stereocenters. The first-order chi connectivity index (χ1) is 9.97. The second-order valence-corrected chi connectivity index (χ2v) is 4.82.